The van der Waals surface area contributed by atoms with Gasteiger partial charge in [0, 0.05) is 14.1 Å². The summed E-state index contributed by atoms with van der Waals surface area (Å²) in [7, 11) is -5.39. The SMILES string of the molecule is CN(C)S(=O)(=O)C(F)(F)C(F)(F)[C](F)C(F)(F)F. The van der Waals surface area contributed by atoms with E-state index in [0.29, 0.717) is 14.1 Å². The largest absolute Gasteiger partial charge is 0.432 e. The van der Waals surface area contributed by atoms with E-state index < -0.39 is 37.9 Å². The molecular formula is C6H6F8NO2S. The molecule has 0 amide bonds. The van der Waals surface area contributed by atoms with Gasteiger partial charge in [-0.2, -0.15) is 30.7 Å². The van der Waals surface area contributed by atoms with Gasteiger partial charge in [-0.1, -0.05) is 0 Å². The molecule has 1 radical (unpaired) electrons. The van der Waals surface area contributed by atoms with E-state index in [1.54, 1.807) is 0 Å². The van der Waals surface area contributed by atoms with Gasteiger partial charge in [-0.25, -0.2) is 17.1 Å². The third-order valence-corrected chi connectivity index (χ3v) is 3.56. The van der Waals surface area contributed by atoms with E-state index in [2.05, 4.69) is 0 Å². The maximum atomic E-state index is 12.9. The Kier molecular flexibility index (Phi) is 4.31. The van der Waals surface area contributed by atoms with Crippen LogP contribution in [-0.4, -0.2) is 44.2 Å². The van der Waals surface area contributed by atoms with Crippen LogP contribution in [0.1, 0.15) is 0 Å². The fourth-order valence-corrected chi connectivity index (χ4v) is 1.57. The van der Waals surface area contributed by atoms with Crippen molar-refractivity contribution in [3.05, 3.63) is 6.17 Å². The van der Waals surface area contributed by atoms with Gasteiger partial charge in [0.25, 0.3) is 10.0 Å². The normalized spacial score (nSPS) is 15.6. The minimum Gasteiger partial charge on any atom is -0.222 e. The van der Waals surface area contributed by atoms with Crippen LogP contribution in [0.4, 0.5) is 35.1 Å². The van der Waals surface area contributed by atoms with Crippen LogP contribution < -0.4 is 0 Å². The maximum Gasteiger partial charge on any atom is 0.432 e. The Morgan fingerprint density at radius 2 is 1.28 bits per heavy atom. The van der Waals surface area contributed by atoms with Crippen LogP contribution in [0.5, 0.6) is 0 Å². The molecule has 18 heavy (non-hydrogen) atoms. The molecular weight excluding hydrogens is 302 g/mol. The van der Waals surface area contributed by atoms with Crippen molar-refractivity contribution in [3.63, 3.8) is 0 Å². The molecule has 0 rings (SSSR count). The summed E-state index contributed by atoms with van der Waals surface area (Å²) in [5, 5.41) is -6.27. The molecule has 0 aromatic rings. The third kappa shape index (κ3) is 2.53. The Labute approximate surface area is 96.4 Å². The van der Waals surface area contributed by atoms with E-state index in [9.17, 15) is 43.5 Å². The average Bonchev–Trinajstić information content (AvgIpc) is 2.14. The van der Waals surface area contributed by atoms with E-state index >= 15 is 0 Å². The Balaban J connectivity index is 5.76. The molecule has 0 saturated heterocycles. The Hall–Kier alpha value is -0.650. The van der Waals surface area contributed by atoms with Crippen molar-refractivity contribution in [1.82, 2.24) is 4.31 Å². The molecule has 0 saturated carbocycles. The third-order valence-electron chi connectivity index (χ3n) is 1.69. The van der Waals surface area contributed by atoms with E-state index in [-0.39, 0.29) is 0 Å². The molecule has 12 heteroatoms. The van der Waals surface area contributed by atoms with Crippen molar-refractivity contribution in [3.8, 4) is 0 Å². The number of rotatable bonds is 4. The molecule has 0 unspecified atom stereocenters. The Morgan fingerprint density at radius 1 is 0.944 bits per heavy atom. The van der Waals surface area contributed by atoms with Gasteiger partial charge in [0.2, 0.25) is 0 Å². The minimum atomic E-state index is -6.53. The molecule has 0 N–H and O–H groups in total. The van der Waals surface area contributed by atoms with Crippen LogP contribution in [0.25, 0.3) is 0 Å². The standard InChI is InChI=1S/C6H6F8NO2S/c1-15(2)18(16,17)6(13,14)4(8,9)3(7)5(10,11)12/h1-2H3. The van der Waals surface area contributed by atoms with Crippen LogP contribution in [-0.2, 0) is 10.0 Å². The van der Waals surface area contributed by atoms with Crippen LogP contribution >= 0.6 is 0 Å². The number of sulfonamides is 1. The molecule has 0 aromatic heterocycles. The van der Waals surface area contributed by atoms with Crippen LogP contribution in [0.3, 0.4) is 0 Å². The zero-order chi connectivity index (χ0) is 15.2. The molecule has 0 atom stereocenters. The molecule has 0 aromatic carbocycles. The summed E-state index contributed by atoms with van der Waals surface area (Å²) < 4.78 is 119. The van der Waals surface area contributed by atoms with E-state index in [1.807, 2.05) is 0 Å². The highest BCUT2D eigenvalue weighted by atomic mass is 32.2. The smallest absolute Gasteiger partial charge is 0.222 e. The van der Waals surface area contributed by atoms with Crippen LogP contribution in [0.2, 0.25) is 0 Å². The van der Waals surface area contributed by atoms with Crippen molar-refractivity contribution in [2.24, 2.45) is 0 Å². The maximum absolute atomic E-state index is 12.9. The fourth-order valence-electron chi connectivity index (χ4n) is 0.697. The molecule has 0 bridgehead atoms. The second-order valence-electron chi connectivity index (χ2n) is 3.19. The predicted octanol–water partition coefficient (Wildman–Crippen LogP) is 2.17. The van der Waals surface area contributed by atoms with Gasteiger partial charge >= 0.3 is 23.5 Å². The first-order chi connectivity index (χ1) is 7.60. The number of halogens is 8. The first kappa shape index (κ1) is 17.4. The van der Waals surface area contributed by atoms with Gasteiger partial charge in [0.1, 0.15) is 0 Å². The van der Waals surface area contributed by atoms with E-state index in [1.165, 1.54) is 0 Å². The monoisotopic (exact) mass is 308 g/mol. The van der Waals surface area contributed by atoms with E-state index in [4.69, 9.17) is 0 Å². The lowest BCUT2D eigenvalue weighted by Gasteiger charge is -2.30. The van der Waals surface area contributed by atoms with Crippen molar-refractivity contribution >= 4 is 10.0 Å². The number of nitrogens with zero attached hydrogens (tertiary/aromatic N) is 1. The van der Waals surface area contributed by atoms with Gasteiger partial charge < -0.3 is 0 Å². The average molecular weight is 308 g/mol. The zero-order valence-corrected chi connectivity index (χ0v) is 9.51. The van der Waals surface area contributed by atoms with Crippen molar-refractivity contribution < 1.29 is 43.5 Å². The summed E-state index contributed by atoms with van der Waals surface area (Å²) in [5.74, 6) is -6.53. The molecule has 0 aliphatic carbocycles. The molecule has 0 aliphatic rings. The van der Waals surface area contributed by atoms with Gasteiger partial charge in [-0.3, -0.25) is 0 Å². The van der Waals surface area contributed by atoms with Gasteiger partial charge in [0.15, 0.2) is 0 Å². The number of alkyl halides is 7. The molecule has 109 valence electrons. The highest BCUT2D eigenvalue weighted by molar-refractivity contribution is 7.90. The van der Waals surface area contributed by atoms with E-state index in [0.717, 1.165) is 0 Å². The first-order valence-electron chi connectivity index (χ1n) is 3.88. The Morgan fingerprint density at radius 3 is 1.50 bits per heavy atom. The van der Waals surface area contributed by atoms with Gasteiger partial charge in [-0.15, -0.1) is 0 Å². The summed E-state index contributed by atoms with van der Waals surface area (Å²) in [6, 6.07) is 0. The highest BCUT2D eigenvalue weighted by Crippen LogP contribution is 2.51. The molecule has 0 aliphatic heterocycles. The second-order valence-corrected chi connectivity index (χ2v) is 5.38. The summed E-state index contributed by atoms with van der Waals surface area (Å²) in [6.07, 6.45) is -10.8. The summed E-state index contributed by atoms with van der Waals surface area (Å²) in [4.78, 5) is 0. The number of hydrogen-bond acceptors (Lipinski definition) is 2. The zero-order valence-electron chi connectivity index (χ0n) is 8.70. The fraction of sp³-hybridized carbons (Fsp3) is 0.833. The predicted molar refractivity (Wildman–Crippen MR) is 42.9 cm³/mol. The topological polar surface area (TPSA) is 37.4 Å². The summed E-state index contributed by atoms with van der Waals surface area (Å²) >= 11 is 0. The minimum absolute atomic E-state index is 0.380. The lowest BCUT2D eigenvalue weighted by Crippen LogP contribution is -2.56. The van der Waals surface area contributed by atoms with Gasteiger partial charge in [-0.05, 0) is 0 Å². The molecule has 0 fully saturated rings. The Bertz CT molecular complexity index is 400. The summed E-state index contributed by atoms with van der Waals surface area (Å²) in [6.45, 7) is 0. The van der Waals surface area contributed by atoms with Gasteiger partial charge in [0.05, 0.1) is 0 Å². The molecule has 0 spiro atoms. The van der Waals surface area contributed by atoms with Crippen LogP contribution in [0, 0.1) is 6.17 Å². The van der Waals surface area contributed by atoms with Crippen molar-refractivity contribution in [2.75, 3.05) is 14.1 Å². The number of hydrogen-bond donors (Lipinski definition) is 0. The lowest BCUT2D eigenvalue weighted by atomic mass is 10.2. The molecule has 3 nitrogen and oxygen atoms in total. The molecule has 0 heterocycles. The van der Waals surface area contributed by atoms with Crippen molar-refractivity contribution in [1.29, 1.82) is 0 Å². The van der Waals surface area contributed by atoms with Crippen molar-refractivity contribution in [2.45, 2.75) is 17.4 Å². The first-order valence-corrected chi connectivity index (χ1v) is 5.32. The lowest BCUT2D eigenvalue weighted by molar-refractivity contribution is -0.236. The highest BCUT2D eigenvalue weighted by Gasteiger charge is 2.76. The quantitative estimate of drug-likeness (QED) is 0.747. The van der Waals surface area contributed by atoms with Crippen LogP contribution in [0.15, 0.2) is 0 Å². The summed E-state index contributed by atoms with van der Waals surface area (Å²) in [5.41, 5.74) is 0. The second kappa shape index (κ2) is 4.47.